The fraction of sp³-hybridized carbons (Fsp3) is 0.640. The van der Waals surface area contributed by atoms with Gasteiger partial charge in [-0.3, -0.25) is 0 Å². The molecule has 1 atom stereocenters. The number of nitrogens with zero attached hydrogens (tertiary/aromatic N) is 1. The molecule has 0 aliphatic carbocycles. The molecule has 1 unspecified atom stereocenters. The molecule has 2 rings (SSSR count). The van der Waals surface area contributed by atoms with E-state index in [2.05, 4.69) is 61.0 Å². The van der Waals surface area contributed by atoms with Crippen molar-refractivity contribution in [3.8, 4) is 0 Å². The van der Waals surface area contributed by atoms with Crippen LogP contribution < -0.4 is 4.57 Å². The van der Waals surface area contributed by atoms with Crippen LogP contribution in [-0.2, 0) is 0 Å². The minimum absolute atomic E-state index is 0.639. The molecule has 1 heterocycles. The average molecular weight is 355 g/mol. The highest BCUT2D eigenvalue weighted by molar-refractivity contribution is 5.74. The Morgan fingerprint density at radius 1 is 0.692 bits per heavy atom. The number of aromatic nitrogens is 1. The minimum Gasteiger partial charge on any atom is -0.196 e. The lowest BCUT2D eigenvalue weighted by molar-refractivity contribution is -0.699. The third-order valence-electron chi connectivity index (χ3n) is 5.74. The molecule has 26 heavy (non-hydrogen) atoms. The Labute approximate surface area is 161 Å². The van der Waals surface area contributed by atoms with Crippen LogP contribution in [0.1, 0.15) is 103 Å². The normalized spacial score (nSPS) is 12.5. The number of para-hydroxylation sites is 1. The molecule has 0 fully saturated rings. The van der Waals surface area contributed by atoms with Gasteiger partial charge in [0.2, 0.25) is 5.52 Å². The van der Waals surface area contributed by atoms with Crippen molar-refractivity contribution in [1.82, 2.24) is 0 Å². The molecule has 0 saturated heterocycles. The van der Waals surface area contributed by atoms with Crippen molar-refractivity contribution in [2.75, 3.05) is 0 Å². The van der Waals surface area contributed by atoms with Gasteiger partial charge in [-0.25, -0.2) is 0 Å². The number of hydrogen-bond donors (Lipinski definition) is 0. The van der Waals surface area contributed by atoms with Crippen LogP contribution in [0.3, 0.4) is 0 Å². The summed E-state index contributed by atoms with van der Waals surface area (Å²) in [6, 6.07) is 13.8. The van der Waals surface area contributed by atoms with E-state index in [0.717, 1.165) is 0 Å². The van der Waals surface area contributed by atoms with E-state index >= 15 is 0 Å². The van der Waals surface area contributed by atoms with E-state index in [1.807, 2.05) is 0 Å². The number of rotatable bonds is 14. The zero-order valence-corrected chi connectivity index (χ0v) is 17.3. The molecule has 0 radical (unpaired) electrons. The molecule has 2 aromatic rings. The van der Waals surface area contributed by atoms with E-state index in [1.54, 1.807) is 0 Å². The Bertz CT molecular complexity index is 599. The molecular weight excluding hydrogens is 314 g/mol. The standard InChI is InChI=1S/C25H40N/c1-3-5-6-7-8-9-10-11-12-13-14-20-24(4-2)26-22-17-19-23-18-15-16-21-25(23)26/h15-19,21-22,24H,3-14,20H2,1-2H3/q+1. The monoisotopic (exact) mass is 354 g/mol. The third-order valence-corrected chi connectivity index (χ3v) is 5.74. The van der Waals surface area contributed by atoms with Gasteiger partial charge in [0.05, 0.1) is 0 Å². The fourth-order valence-corrected chi connectivity index (χ4v) is 4.09. The Morgan fingerprint density at radius 2 is 1.27 bits per heavy atom. The molecule has 1 aromatic heterocycles. The minimum atomic E-state index is 0.639. The zero-order chi connectivity index (χ0) is 18.5. The highest BCUT2D eigenvalue weighted by atomic mass is 15.0. The van der Waals surface area contributed by atoms with Crippen LogP contribution in [0.5, 0.6) is 0 Å². The lowest BCUT2D eigenvalue weighted by Crippen LogP contribution is -2.39. The highest BCUT2D eigenvalue weighted by Gasteiger charge is 2.18. The van der Waals surface area contributed by atoms with Crippen LogP contribution in [0.4, 0.5) is 0 Å². The molecule has 0 aliphatic heterocycles. The van der Waals surface area contributed by atoms with Crippen molar-refractivity contribution in [3.63, 3.8) is 0 Å². The smallest absolute Gasteiger partial charge is 0.196 e. The summed E-state index contributed by atoms with van der Waals surface area (Å²) in [4.78, 5) is 0. The van der Waals surface area contributed by atoms with Gasteiger partial charge >= 0.3 is 0 Å². The third kappa shape index (κ3) is 7.09. The van der Waals surface area contributed by atoms with E-state index < -0.39 is 0 Å². The van der Waals surface area contributed by atoms with Crippen LogP contribution >= 0.6 is 0 Å². The molecule has 144 valence electrons. The molecule has 0 saturated carbocycles. The van der Waals surface area contributed by atoms with Gasteiger partial charge in [0.1, 0.15) is 0 Å². The first-order valence-electron chi connectivity index (χ1n) is 11.3. The number of pyridine rings is 1. The first-order chi connectivity index (χ1) is 12.9. The summed E-state index contributed by atoms with van der Waals surface area (Å²) in [6.45, 7) is 4.62. The Kier molecular flexibility index (Phi) is 10.4. The average Bonchev–Trinajstić information content (AvgIpc) is 2.69. The molecule has 1 nitrogen and oxygen atoms in total. The summed E-state index contributed by atoms with van der Waals surface area (Å²) >= 11 is 0. The van der Waals surface area contributed by atoms with Crippen molar-refractivity contribution in [1.29, 1.82) is 0 Å². The van der Waals surface area contributed by atoms with Crippen LogP contribution in [-0.4, -0.2) is 0 Å². The Morgan fingerprint density at radius 3 is 1.92 bits per heavy atom. The van der Waals surface area contributed by atoms with Crippen LogP contribution in [0.15, 0.2) is 42.6 Å². The quantitative estimate of drug-likeness (QED) is 0.241. The van der Waals surface area contributed by atoms with Gasteiger partial charge in [-0.1, -0.05) is 90.2 Å². The maximum absolute atomic E-state index is 2.51. The first-order valence-corrected chi connectivity index (χ1v) is 11.3. The van der Waals surface area contributed by atoms with Crippen LogP contribution in [0, 0.1) is 0 Å². The Balaban J connectivity index is 1.63. The van der Waals surface area contributed by atoms with E-state index in [1.165, 1.54) is 94.4 Å². The van der Waals surface area contributed by atoms with E-state index in [9.17, 15) is 0 Å². The van der Waals surface area contributed by atoms with Gasteiger partial charge in [-0.2, -0.15) is 4.57 Å². The maximum Gasteiger partial charge on any atom is 0.212 e. The largest absolute Gasteiger partial charge is 0.212 e. The molecule has 0 amide bonds. The molecule has 0 aliphatic rings. The summed E-state index contributed by atoms with van der Waals surface area (Å²) in [5, 5.41) is 1.35. The highest BCUT2D eigenvalue weighted by Crippen LogP contribution is 2.19. The van der Waals surface area contributed by atoms with Gasteiger partial charge in [0, 0.05) is 30.4 Å². The Hall–Kier alpha value is -1.37. The van der Waals surface area contributed by atoms with Gasteiger partial charge in [-0.15, -0.1) is 0 Å². The van der Waals surface area contributed by atoms with Gasteiger partial charge < -0.3 is 0 Å². The van der Waals surface area contributed by atoms with Crippen LogP contribution in [0.25, 0.3) is 10.9 Å². The second-order valence-corrected chi connectivity index (χ2v) is 7.86. The van der Waals surface area contributed by atoms with Gasteiger partial charge in [0.25, 0.3) is 0 Å². The van der Waals surface area contributed by atoms with Crippen molar-refractivity contribution in [2.24, 2.45) is 0 Å². The molecule has 0 bridgehead atoms. The SMILES string of the molecule is CCCCCCCCCCCCCC(CC)[n+]1cccc2ccccc21. The lowest BCUT2D eigenvalue weighted by atomic mass is 10.0. The van der Waals surface area contributed by atoms with Crippen molar-refractivity contribution in [3.05, 3.63) is 42.6 Å². The number of fused-ring (bicyclic) bond motifs is 1. The summed E-state index contributed by atoms with van der Waals surface area (Å²) in [5.41, 5.74) is 1.38. The lowest BCUT2D eigenvalue weighted by Gasteiger charge is -2.12. The fourth-order valence-electron chi connectivity index (χ4n) is 4.09. The zero-order valence-electron chi connectivity index (χ0n) is 17.3. The predicted molar refractivity (Wildman–Crippen MR) is 115 cm³/mol. The molecule has 1 heteroatoms. The molecule has 1 aromatic carbocycles. The first kappa shape index (κ1) is 20.9. The second-order valence-electron chi connectivity index (χ2n) is 7.86. The van der Waals surface area contributed by atoms with E-state index in [0.29, 0.717) is 6.04 Å². The molecule has 0 spiro atoms. The topological polar surface area (TPSA) is 3.88 Å². The number of hydrogen-bond acceptors (Lipinski definition) is 0. The van der Waals surface area contributed by atoms with Crippen molar-refractivity contribution < 1.29 is 4.57 Å². The van der Waals surface area contributed by atoms with Crippen LogP contribution in [0.2, 0.25) is 0 Å². The maximum atomic E-state index is 2.51. The number of benzene rings is 1. The predicted octanol–water partition coefficient (Wildman–Crippen LogP) is 7.78. The van der Waals surface area contributed by atoms with Crippen molar-refractivity contribution in [2.45, 2.75) is 103 Å². The summed E-state index contributed by atoms with van der Waals surface area (Å²) < 4.78 is 2.51. The summed E-state index contributed by atoms with van der Waals surface area (Å²) in [7, 11) is 0. The van der Waals surface area contributed by atoms with E-state index in [-0.39, 0.29) is 0 Å². The molecule has 0 N–H and O–H groups in total. The summed E-state index contributed by atoms with van der Waals surface area (Å²) in [6.07, 6.45) is 20.5. The van der Waals surface area contributed by atoms with E-state index in [4.69, 9.17) is 0 Å². The second kappa shape index (κ2) is 12.9. The van der Waals surface area contributed by atoms with Gasteiger partial charge in [-0.05, 0) is 18.6 Å². The number of unbranched alkanes of at least 4 members (excludes halogenated alkanes) is 10. The van der Waals surface area contributed by atoms with Gasteiger partial charge in [0.15, 0.2) is 12.2 Å². The van der Waals surface area contributed by atoms with Crippen molar-refractivity contribution >= 4 is 10.9 Å². The molecular formula is C25H40N+. The summed E-state index contributed by atoms with van der Waals surface area (Å²) in [5.74, 6) is 0.